The lowest BCUT2D eigenvalue weighted by molar-refractivity contribution is 0.660. The van der Waals surface area contributed by atoms with E-state index in [1.165, 1.54) is 169 Å². The van der Waals surface area contributed by atoms with Gasteiger partial charge in [0.2, 0.25) is 0 Å². The average Bonchev–Trinajstić information content (AvgIpc) is 1.56. The second-order valence-electron chi connectivity index (χ2n) is 30.3. The Morgan fingerprint density at radius 3 is 0.875 bits per heavy atom. The van der Waals surface area contributed by atoms with E-state index in [0.29, 0.717) is 0 Å². The number of rotatable bonds is 12. The number of anilines is 6. The molecule has 0 saturated heterocycles. The first-order chi connectivity index (χ1) is 51.0. The minimum atomic E-state index is -0.138. The number of para-hydroxylation sites is 2. The van der Waals surface area contributed by atoms with Crippen LogP contribution in [0.15, 0.2) is 328 Å². The Hall–Kier alpha value is -12.5. The molecular formula is C100H74N4. The van der Waals surface area contributed by atoms with Crippen LogP contribution in [-0.2, 0) is 36.5 Å². The van der Waals surface area contributed by atoms with E-state index in [1.54, 1.807) is 0 Å². The summed E-state index contributed by atoms with van der Waals surface area (Å²) in [6.45, 7) is 9.49. The molecule has 0 N–H and O–H groups in total. The lowest BCUT2D eigenvalue weighted by atomic mass is 9.82. The topological polar surface area (TPSA) is 16.3 Å². The quantitative estimate of drug-likeness (QED) is 0.121. The summed E-state index contributed by atoms with van der Waals surface area (Å²) >= 11 is 0. The number of aryl methyl sites for hydroxylation is 4. The zero-order chi connectivity index (χ0) is 69.1. The lowest BCUT2D eigenvalue weighted by Gasteiger charge is -2.28. The predicted molar refractivity (Wildman–Crippen MR) is 436 cm³/mol. The van der Waals surface area contributed by atoms with E-state index < -0.39 is 0 Å². The average molecular weight is 1330 g/mol. The van der Waals surface area contributed by atoms with E-state index in [9.17, 15) is 0 Å². The van der Waals surface area contributed by atoms with Gasteiger partial charge < -0.3 is 18.9 Å². The van der Waals surface area contributed by atoms with Crippen LogP contribution >= 0.6 is 0 Å². The Kier molecular flexibility index (Phi) is 13.3. The molecule has 2 heterocycles. The molecule has 4 aliphatic carbocycles. The maximum absolute atomic E-state index is 2.47. The molecule has 104 heavy (non-hydrogen) atoms. The SMILES string of the molecule is CC1(C)c2ccccc2-c2ccc(N(c3ccc(-c4ccc5c(c4)CC5)cc3)c3ccc(-c4ccc5c(c4)c4cc6c(cc4n5-c4ccccc4)c4cc(-c5ccc(N(c7ccc(-c8ccc9c(c8)CC9)cc7)c7ccc8c(c7)C(C)(C)c7ccccc7-8)cc5)ccc4n6-c4ccccc4)cc3)cc21. The fraction of sp³-hybridized carbons (Fsp3) is 0.100. The van der Waals surface area contributed by atoms with Gasteiger partial charge in [0.05, 0.1) is 22.1 Å². The summed E-state index contributed by atoms with van der Waals surface area (Å²) in [6, 6.07) is 124. The molecule has 0 aliphatic heterocycles. The summed E-state index contributed by atoms with van der Waals surface area (Å²) in [5.41, 5.74) is 39.8. The third kappa shape index (κ3) is 9.37. The van der Waals surface area contributed by atoms with Crippen molar-refractivity contribution in [2.24, 2.45) is 0 Å². The van der Waals surface area contributed by atoms with Gasteiger partial charge in [-0.2, -0.15) is 0 Å². The van der Waals surface area contributed by atoms with Gasteiger partial charge in [0.15, 0.2) is 0 Å². The van der Waals surface area contributed by atoms with Gasteiger partial charge >= 0.3 is 0 Å². The number of fused-ring (bicyclic) bond motifs is 14. The lowest BCUT2D eigenvalue weighted by Crippen LogP contribution is -2.16. The Morgan fingerprint density at radius 2 is 0.519 bits per heavy atom. The van der Waals surface area contributed by atoms with E-state index in [0.717, 1.165) is 56.6 Å². The summed E-state index contributed by atoms with van der Waals surface area (Å²) in [7, 11) is 0. The second-order valence-corrected chi connectivity index (χ2v) is 30.3. The molecule has 0 saturated carbocycles. The Labute approximate surface area is 607 Å². The van der Waals surface area contributed by atoms with Gasteiger partial charge in [0.1, 0.15) is 0 Å². The normalized spacial score (nSPS) is 14.0. The molecule has 4 nitrogen and oxygen atoms in total. The summed E-state index contributed by atoms with van der Waals surface area (Å²) in [6.07, 6.45) is 4.71. The smallest absolute Gasteiger partial charge is 0.0548 e. The predicted octanol–water partition coefficient (Wildman–Crippen LogP) is 26.3. The molecule has 4 heteroatoms. The highest BCUT2D eigenvalue weighted by atomic mass is 15.1. The van der Waals surface area contributed by atoms with E-state index in [-0.39, 0.29) is 10.8 Å². The Morgan fingerprint density at radius 1 is 0.221 bits per heavy atom. The summed E-state index contributed by atoms with van der Waals surface area (Å²) in [5, 5.41) is 4.82. The van der Waals surface area contributed by atoms with Crippen molar-refractivity contribution in [1.82, 2.24) is 9.13 Å². The van der Waals surface area contributed by atoms with Crippen molar-refractivity contribution in [3.8, 4) is 78.1 Å². The zero-order valence-corrected chi connectivity index (χ0v) is 58.8. The standard InChI is InChI=1S/C100H74N4/c1-99(2)91-21-13-11-19-83(91)85-51-49-81(59-93(85)99)101(77-41-31-65(32-42-77)71-29-25-63-23-27-69(63)55-71)79-45-35-67(36-46-79)73-39-53-95-87(57-73)89-61-98-90(62-97(89)103(95)75-15-7-5-8-16-75)88-58-74(40-54-96(88)104(98)76-17-9-6-10-18-76)68-37-47-80(48-38-68)102(78-43-33-66(34-44-78)72-30-26-64-24-28-70(64)56-72)82-50-52-86-84-20-12-14-22-92(84)100(3,4)94(86)60-82/h5-22,25-26,29-62H,23-24,27-28H2,1-4H3. The van der Waals surface area contributed by atoms with Crippen LogP contribution in [0.3, 0.4) is 0 Å². The molecule has 0 amide bonds. The van der Waals surface area contributed by atoms with Crippen LogP contribution in [-0.4, -0.2) is 9.13 Å². The Balaban J connectivity index is 0.665. The van der Waals surface area contributed by atoms with E-state index >= 15 is 0 Å². The van der Waals surface area contributed by atoms with Crippen molar-refractivity contribution >= 4 is 77.7 Å². The minimum absolute atomic E-state index is 0.138. The van der Waals surface area contributed by atoms with Gasteiger partial charge in [0.25, 0.3) is 0 Å². The van der Waals surface area contributed by atoms with Gasteiger partial charge in [-0.25, -0.2) is 0 Å². The van der Waals surface area contributed by atoms with Crippen LogP contribution in [0.25, 0.3) is 122 Å². The molecule has 17 aromatic rings. The van der Waals surface area contributed by atoms with Crippen molar-refractivity contribution in [1.29, 1.82) is 0 Å². The van der Waals surface area contributed by atoms with Gasteiger partial charge in [0, 0.05) is 77.9 Å². The highest BCUT2D eigenvalue weighted by Crippen LogP contribution is 2.54. The number of benzene rings is 15. The maximum Gasteiger partial charge on any atom is 0.0548 e. The molecule has 0 fully saturated rings. The van der Waals surface area contributed by atoms with E-state index in [1.807, 2.05) is 0 Å². The molecule has 4 aliphatic rings. The van der Waals surface area contributed by atoms with E-state index in [2.05, 4.69) is 374 Å². The first-order valence-electron chi connectivity index (χ1n) is 36.9. The second kappa shape index (κ2) is 23.0. The molecule has 0 atom stereocenters. The number of nitrogens with zero attached hydrogens (tertiary/aromatic N) is 4. The number of hydrogen-bond donors (Lipinski definition) is 0. The molecular weight excluding hydrogens is 1260 g/mol. The number of aromatic nitrogens is 2. The first-order valence-corrected chi connectivity index (χ1v) is 36.9. The monoisotopic (exact) mass is 1330 g/mol. The van der Waals surface area contributed by atoms with Crippen molar-refractivity contribution in [3.63, 3.8) is 0 Å². The Bertz CT molecular complexity index is 5980. The maximum atomic E-state index is 2.47. The molecule has 21 rings (SSSR count). The molecule has 494 valence electrons. The first kappa shape index (κ1) is 60.3. The minimum Gasteiger partial charge on any atom is -0.310 e. The summed E-state index contributed by atoms with van der Waals surface area (Å²) < 4.78 is 4.94. The van der Waals surface area contributed by atoms with Crippen LogP contribution in [0.2, 0.25) is 0 Å². The largest absolute Gasteiger partial charge is 0.310 e. The molecule has 0 spiro atoms. The molecule has 0 unspecified atom stereocenters. The van der Waals surface area contributed by atoms with Gasteiger partial charge in [-0.1, -0.05) is 222 Å². The van der Waals surface area contributed by atoms with Crippen molar-refractivity contribution < 1.29 is 0 Å². The van der Waals surface area contributed by atoms with Crippen molar-refractivity contribution in [3.05, 3.63) is 372 Å². The fourth-order valence-electron chi connectivity index (χ4n) is 18.1. The molecule has 0 bridgehead atoms. The van der Waals surface area contributed by atoms with Crippen LogP contribution in [0.4, 0.5) is 34.1 Å². The van der Waals surface area contributed by atoms with Crippen LogP contribution in [0, 0.1) is 0 Å². The third-order valence-electron chi connectivity index (χ3n) is 23.9. The molecule has 2 aromatic heterocycles. The van der Waals surface area contributed by atoms with Crippen molar-refractivity contribution in [2.75, 3.05) is 9.80 Å². The van der Waals surface area contributed by atoms with Crippen LogP contribution in [0.1, 0.15) is 72.2 Å². The molecule has 0 radical (unpaired) electrons. The highest BCUT2D eigenvalue weighted by molar-refractivity contribution is 6.20. The van der Waals surface area contributed by atoms with Crippen molar-refractivity contribution in [2.45, 2.75) is 64.2 Å². The van der Waals surface area contributed by atoms with Crippen LogP contribution < -0.4 is 9.80 Å². The highest BCUT2D eigenvalue weighted by Gasteiger charge is 2.38. The number of hydrogen-bond acceptors (Lipinski definition) is 2. The van der Waals surface area contributed by atoms with Gasteiger partial charge in [-0.05, 0) is 270 Å². The third-order valence-corrected chi connectivity index (χ3v) is 23.9. The fourth-order valence-corrected chi connectivity index (χ4v) is 18.1. The van der Waals surface area contributed by atoms with Gasteiger partial charge in [-0.3, -0.25) is 0 Å². The zero-order valence-electron chi connectivity index (χ0n) is 58.8. The molecule has 15 aromatic carbocycles. The summed E-state index contributed by atoms with van der Waals surface area (Å²) in [4.78, 5) is 4.88. The summed E-state index contributed by atoms with van der Waals surface area (Å²) in [5.74, 6) is 0. The van der Waals surface area contributed by atoms with E-state index in [4.69, 9.17) is 0 Å². The van der Waals surface area contributed by atoms with Gasteiger partial charge in [-0.15, -0.1) is 0 Å². The van der Waals surface area contributed by atoms with Crippen LogP contribution in [0.5, 0.6) is 0 Å².